The minimum atomic E-state index is -0.155. The van der Waals surface area contributed by atoms with Crippen LogP contribution in [0.2, 0.25) is 0 Å². The Bertz CT molecular complexity index is 865. The van der Waals surface area contributed by atoms with Gasteiger partial charge in [0.1, 0.15) is 18.2 Å². The number of anilines is 1. The molecule has 1 amide bonds. The summed E-state index contributed by atoms with van der Waals surface area (Å²) in [6.45, 7) is 6.62. The Morgan fingerprint density at radius 2 is 1.92 bits per heavy atom. The minimum Gasteiger partial charge on any atom is -0.488 e. The fourth-order valence-electron chi connectivity index (χ4n) is 2.73. The number of hydrogen-bond acceptors (Lipinski definition) is 4. The Labute approximate surface area is 151 Å². The molecular weight excluding hydrogens is 332 g/mol. The van der Waals surface area contributed by atoms with Crippen molar-refractivity contribution < 1.29 is 9.53 Å². The molecule has 0 unspecified atom stereocenters. The lowest BCUT2D eigenvalue weighted by molar-refractivity contribution is 0.103. The fraction of sp³-hybridized carbons (Fsp3) is 0.200. The van der Waals surface area contributed by atoms with Crippen molar-refractivity contribution in [1.29, 1.82) is 0 Å². The second-order valence-electron chi connectivity index (χ2n) is 6.00. The highest BCUT2D eigenvalue weighted by Gasteiger charge is 2.11. The van der Waals surface area contributed by atoms with E-state index in [2.05, 4.69) is 43.2 Å². The molecule has 0 saturated heterocycles. The number of pyridine rings is 1. The number of benzene rings is 1. The standard InChI is InChI=1S/C20H20N2O2S/c1-13-8-14(2)19(15(3)9-13)24-11-16-10-17(25-12-16)20(23)22-18-6-4-5-7-21-18/h4-10,12H,11H2,1-3H3,(H,21,22,23). The predicted octanol–water partition coefficient (Wildman–Crippen LogP) is 4.90. The van der Waals surface area contributed by atoms with Crippen LogP contribution in [0.5, 0.6) is 5.75 Å². The Morgan fingerprint density at radius 1 is 1.16 bits per heavy atom. The van der Waals surface area contributed by atoms with Gasteiger partial charge in [0.25, 0.3) is 5.91 Å². The minimum absolute atomic E-state index is 0.155. The van der Waals surface area contributed by atoms with E-state index in [1.807, 2.05) is 23.6 Å². The van der Waals surface area contributed by atoms with E-state index in [1.54, 1.807) is 12.3 Å². The second-order valence-corrected chi connectivity index (χ2v) is 6.92. The summed E-state index contributed by atoms with van der Waals surface area (Å²) >= 11 is 1.40. The van der Waals surface area contributed by atoms with Crippen molar-refractivity contribution in [3.63, 3.8) is 0 Å². The van der Waals surface area contributed by atoms with Gasteiger partial charge in [-0.2, -0.15) is 0 Å². The zero-order valence-corrected chi connectivity index (χ0v) is 15.3. The van der Waals surface area contributed by atoms with Crippen LogP contribution in [0.3, 0.4) is 0 Å². The van der Waals surface area contributed by atoms with Crippen molar-refractivity contribution in [3.05, 3.63) is 75.1 Å². The number of aromatic nitrogens is 1. The molecule has 0 radical (unpaired) electrons. The van der Waals surface area contributed by atoms with E-state index < -0.39 is 0 Å². The molecular formula is C20H20N2O2S. The predicted molar refractivity (Wildman–Crippen MR) is 101 cm³/mol. The van der Waals surface area contributed by atoms with Crippen LogP contribution in [0.25, 0.3) is 0 Å². The van der Waals surface area contributed by atoms with Gasteiger partial charge in [0.15, 0.2) is 0 Å². The summed E-state index contributed by atoms with van der Waals surface area (Å²) in [4.78, 5) is 17.0. The van der Waals surface area contributed by atoms with Gasteiger partial charge in [-0.25, -0.2) is 4.98 Å². The molecule has 4 nitrogen and oxygen atoms in total. The molecule has 0 bridgehead atoms. The monoisotopic (exact) mass is 352 g/mol. The van der Waals surface area contributed by atoms with Gasteiger partial charge in [-0.3, -0.25) is 4.79 Å². The highest BCUT2D eigenvalue weighted by Crippen LogP contribution is 2.26. The zero-order valence-electron chi connectivity index (χ0n) is 14.5. The molecule has 0 fully saturated rings. The summed E-state index contributed by atoms with van der Waals surface area (Å²) in [7, 11) is 0. The molecule has 0 aliphatic carbocycles. The van der Waals surface area contributed by atoms with E-state index in [1.165, 1.54) is 16.9 Å². The van der Waals surface area contributed by atoms with Crippen molar-refractivity contribution in [1.82, 2.24) is 4.98 Å². The van der Waals surface area contributed by atoms with Crippen LogP contribution in [0.15, 0.2) is 48.0 Å². The molecule has 3 rings (SSSR count). The van der Waals surface area contributed by atoms with E-state index in [4.69, 9.17) is 4.74 Å². The number of carbonyl (C=O) groups is 1. The summed E-state index contributed by atoms with van der Waals surface area (Å²) in [5.74, 6) is 1.30. The van der Waals surface area contributed by atoms with Crippen LogP contribution < -0.4 is 10.1 Å². The molecule has 128 valence electrons. The maximum Gasteiger partial charge on any atom is 0.266 e. The lowest BCUT2D eigenvalue weighted by Gasteiger charge is -2.12. The number of thiophene rings is 1. The highest BCUT2D eigenvalue weighted by molar-refractivity contribution is 7.12. The third-order valence-corrected chi connectivity index (χ3v) is 4.75. The first-order valence-electron chi connectivity index (χ1n) is 8.03. The normalized spacial score (nSPS) is 10.5. The van der Waals surface area contributed by atoms with E-state index in [0.29, 0.717) is 17.3 Å². The summed E-state index contributed by atoms with van der Waals surface area (Å²) in [6.07, 6.45) is 1.65. The van der Waals surface area contributed by atoms with Gasteiger partial charge in [0.2, 0.25) is 0 Å². The van der Waals surface area contributed by atoms with Gasteiger partial charge in [0, 0.05) is 11.8 Å². The topological polar surface area (TPSA) is 51.2 Å². The molecule has 0 atom stereocenters. The Balaban J connectivity index is 1.65. The lowest BCUT2D eigenvalue weighted by Crippen LogP contribution is -2.11. The molecule has 3 aromatic rings. The molecule has 0 aliphatic heterocycles. The molecule has 5 heteroatoms. The maximum atomic E-state index is 12.3. The van der Waals surface area contributed by atoms with E-state index in [0.717, 1.165) is 22.4 Å². The third kappa shape index (κ3) is 4.25. The fourth-order valence-corrected chi connectivity index (χ4v) is 3.53. The highest BCUT2D eigenvalue weighted by atomic mass is 32.1. The number of amides is 1. The average molecular weight is 352 g/mol. The Kier molecular flexibility index (Phi) is 5.14. The van der Waals surface area contributed by atoms with Gasteiger partial charge in [-0.15, -0.1) is 11.3 Å². The van der Waals surface area contributed by atoms with Crippen LogP contribution in [0.1, 0.15) is 31.9 Å². The van der Waals surface area contributed by atoms with Crippen molar-refractivity contribution in [2.45, 2.75) is 27.4 Å². The molecule has 0 spiro atoms. The molecule has 0 aliphatic rings. The number of carbonyl (C=O) groups excluding carboxylic acids is 1. The second kappa shape index (κ2) is 7.49. The first-order valence-corrected chi connectivity index (χ1v) is 8.91. The van der Waals surface area contributed by atoms with Crippen LogP contribution in [-0.4, -0.2) is 10.9 Å². The van der Waals surface area contributed by atoms with Gasteiger partial charge in [-0.1, -0.05) is 23.8 Å². The summed E-state index contributed by atoms with van der Waals surface area (Å²) in [5, 5.41) is 4.74. The SMILES string of the molecule is Cc1cc(C)c(OCc2csc(C(=O)Nc3ccccn3)c2)c(C)c1. The molecule has 0 saturated carbocycles. The number of rotatable bonds is 5. The van der Waals surface area contributed by atoms with E-state index in [9.17, 15) is 4.79 Å². The summed E-state index contributed by atoms with van der Waals surface area (Å²) in [5.41, 5.74) is 4.46. The molecule has 25 heavy (non-hydrogen) atoms. The summed E-state index contributed by atoms with van der Waals surface area (Å²) in [6, 6.07) is 11.5. The number of hydrogen-bond donors (Lipinski definition) is 1. The van der Waals surface area contributed by atoms with Crippen molar-refractivity contribution >= 4 is 23.1 Å². The van der Waals surface area contributed by atoms with Crippen molar-refractivity contribution in [2.24, 2.45) is 0 Å². The largest absolute Gasteiger partial charge is 0.488 e. The zero-order chi connectivity index (χ0) is 17.8. The average Bonchev–Trinajstić information content (AvgIpc) is 3.04. The smallest absolute Gasteiger partial charge is 0.266 e. The van der Waals surface area contributed by atoms with Gasteiger partial charge in [0.05, 0.1) is 4.88 Å². The van der Waals surface area contributed by atoms with Gasteiger partial charge < -0.3 is 10.1 Å². The number of nitrogens with zero attached hydrogens (tertiary/aromatic N) is 1. The van der Waals surface area contributed by atoms with Crippen LogP contribution in [-0.2, 0) is 6.61 Å². The van der Waals surface area contributed by atoms with E-state index >= 15 is 0 Å². The first-order chi connectivity index (χ1) is 12.0. The van der Waals surface area contributed by atoms with Crippen molar-refractivity contribution in [3.8, 4) is 5.75 Å². The van der Waals surface area contributed by atoms with Gasteiger partial charge >= 0.3 is 0 Å². The van der Waals surface area contributed by atoms with Crippen LogP contribution in [0, 0.1) is 20.8 Å². The lowest BCUT2D eigenvalue weighted by atomic mass is 10.1. The third-order valence-electron chi connectivity index (χ3n) is 3.77. The van der Waals surface area contributed by atoms with Crippen LogP contribution in [0.4, 0.5) is 5.82 Å². The quantitative estimate of drug-likeness (QED) is 0.710. The van der Waals surface area contributed by atoms with Crippen molar-refractivity contribution in [2.75, 3.05) is 5.32 Å². The summed E-state index contributed by atoms with van der Waals surface area (Å²) < 4.78 is 5.98. The number of nitrogens with one attached hydrogen (secondary N) is 1. The molecule has 2 aromatic heterocycles. The molecule has 1 N–H and O–H groups in total. The number of aryl methyl sites for hydroxylation is 3. The first kappa shape index (κ1) is 17.2. The molecule has 2 heterocycles. The van der Waals surface area contributed by atoms with Crippen LogP contribution >= 0.6 is 11.3 Å². The number of ether oxygens (including phenoxy) is 1. The Hall–Kier alpha value is -2.66. The molecule has 1 aromatic carbocycles. The maximum absolute atomic E-state index is 12.3. The Morgan fingerprint density at radius 3 is 2.60 bits per heavy atom. The van der Waals surface area contributed by atoms with Gasteiger partial charge in [-0.05, 0) is 55.5 Å². The van der Waals surface area contributed by atoms with E-state index in [-0.39, 0.29) is 5.91 Å².